The Labute approximate surface area is 182 Å². The predicted octanol–water partition coefficient (Wildman–Crippen LogP) is 3.67. The number of benzene rings is 2. The number of aryl methyl sites for hydroxylation is 1. The Bertz CT molecular complexity index is 997. The van der Waals surface area contributed by atoms with Crippen LogP contribution < -0.4 is 10.6 Å². The molecule has 160 valence electrons. The maximum atomic E-state index is 12.6. The van der Waals surface area contributed by atoms with Crippen LogP contribution in [0.3, 0.4) is 0 Å². The van der Waals surface area contributed by atoms with E-state index in [-0.39, 0.29) is 17.9 Å². The lowest BCUT2D eigenvalue weighted by Gasteiger charge is -2.18. The minimum absolute atomic E-state index is 0.111. The van der Waals surface area contributed by atoms with Gasteiger partial charge in [0.25, 0.3) is 0 Å². The molecule has 0 radical (unpaired) electrons. The van der Waals surface area contributed by atoms with E-state index in [1.807, 2.05) is 60.7 Å². The second-order valence-corrected chi connectivity index (χ2v) is 7.93. The number of oxazole rings is 1. The number of rotatable bonds is 10. The lowest BCUT2D eigenvalue weighted by Crippen LogP contribution is -2.48. The van der Waals surface area contributed by atoms with Gasteiger partial charge in [0, 0.05) is 30.9 Å². The second-order valence-electron chi connectivity index (χ2n) is 7.93. The molecule has 3 aromatic rings. The minimum Gasteiger partial charge on any atom is -0.441 e. The van der Waals surface area contributed by atoms with Gasteiger partial charge in [0.05, 0.1) is 6.20 Å². The van der Waals surface area contributed by atoms with Gasteiger partial charge in [-0.2, -0.15) is 0 Å². The molecule has 1 aliphatic rings. The molecule has 0 bridgehead atoms. The fourth-order valence-corrected chi connectivity index (χ4v) is 3.42. The highest BCUT2D eigenvalue weighted by atomic mass is 16.4. The average Bonchev–Trinajstić information content (AvgIpc) is 3.48. The van der Waals surface area contributed by atoms with Crippen LogP contribution in [0.25, 0.3) is 11.3 Å². The fourth-order valence-electron chi connectivity index (χ4n) is 3.42. The largest absolute Gasteiger partial charge is 0.441 e. The van der Waals surface area contributed by atoms with Crippen LogP contribution in [0, 0.1) is 0 Å². The average molecular weight is 418 g/mol. The summed E-state index contributed by atoms with van der Waals surface area (Å²) in [6.07, 6.45) is 5.69. The summed E-state index contributed by atoms with van der Waals surface area (Å²) in [6, 6.07) is 19.2. The van der Waals surface area contributed by atoms with Crippen molar-refractivity contribution in [2.75, 3.05) is 0 Å². The van der Waals surface area contributed by atoms with Crippen molar-refractivity contribution >= 4 is 11.8 Å². The van der Waals surface area contributed by atoms with Gasteiger partial charge < -0.3 is 15.1 Å². The molecule has 2 aromatic carbocycles. The molecular weight excluding hydrogens is 390 g/mol. The molecular formula is C25H27N3O3. The Kier molecular flexibility index (Phi) is 6.77. The highest BCUT2D eigenvalue weighted by Crippen LogP contribution is 2.21. The number of nitrogens with zero attached hydrogens (tertiary/aromatic N) is 1. The first-order chi connectivity index (χ1) is 15.2. The van der Waals surface area contributed by atoms with Crippen LogP contribution >= 0.6 is 0 Å². The van der Waals surface area contributed by atoms with Crippen LogP contribution in [0.4, 0.5) is 0 Å². The fraction of sp³-hybridized carbons (Fsp3) is 0.320. The van der Waals surface area contributed by atoms with Crippen molar-refractivity contribution in [3.8, 4) is 11.3 Å². The van der Waals surface area contributed by atoms with Crippen molar-refractivity contribution in [3.63, 3.8) is 0 Å². The molecule has 2 amide bonds. The normalized spacial score (nSPS) is 14.1. The zero-order valence-corrected chi connectivity index (χ0v) is 17.4. The van der Waals surface area contributed by atoms with Crippen LogP contribution in [0.1, 0.15) is 37.1 Å². The maximum Gasteiger partial charge on any atom is 0.243 e. The first-order valence-corrected chi connectivity index (χ1v) is 10.8. The molecule has 1 heterocycles. The van der Waals surface area contributed by atoms with E-state index in [2.05, 4.69) is 15.6 Å². The van der Waals surface area contributed by atoms with Crippen molar-refractivity contribution < 1.29 is 14.0 Å². The van der Waals surface area contributed by atoms with Crippen LogP contribution in [0.15, 0.2) is 71.3 Å². The molecule has 31 heavy (non-hydrogen) atoms. The number of amides is 2. The lowest BCUT2D eigenvalue weighted by atomic mass is 10.0. The molecule has 1 aliphatic carbocycles. The Balaban J connectivity index is 1.28. The van der Waals surface area contributed by atoms with Crippen molar-refractivity contribution in [2.24, 2.45) is 0 Å². The third-order valence-corrected chi connectivity index (χ3v) is 5.26. The smallest absolute Gasteiger partial charge is 0.243 e. The van der Waals surface area contributed by atoms with Crippen molar-refractivity contribution in [1.29, 1.82) is 0 Å². The van der Waals surface area contributed by atoms with Gasteiger partial charge in [0.2, 0.25) is 11.8 Å². The van der Waals surface area contributed by atoms with E-state index in [1.165, 1.54) is 0 Å². The van der Waals surface area contributed by atoms with Crippen molar-refractivity contribution in [2.45, 2.75) is 50.6 Å². The summed E-state index contributed by atoms with van der Waals surface area (Å²) in [4.78, 5) is 29.5. The van der Waals surface area contributed by atoms with E-state index in [0.717, 1.165) is 29.7 Å². The van der Waals surface area contributed by atoms with Gasteiger partial charge >= 0.3 is 0 Å². The summed E-state index contributed by atoms with van der Waals surface area (Å²) >= 11 is 0. The molecule has 1 aromatic heterocycles. The van der Waals surface area contributed by atoms with E-state index in [0.29, 0.717) is 31.6 Å². The summed E-state index contributed by atoms with van der Waals surface area (Å²) in [5, 5.41) is 5.91. The molecule has 2 N–H and O–H groups in total. The van der Waals surface area contributed by atoms with E-state index in [1.54, 1.807) is 6.20 Å². The van der Waals surface area contributed by atoms with Crippen LogP contribution in [0.2, 0.25) is 0 Å². The number of carbonyl (C=O) groups is 2. The summed E-state index contributed by atoms with van der Waals surface area (Å²) < 4.78 is 5.79. The Morgan fingerprint density at radius 3 is 2.45 bits per heavy atom. The quantitative estimate of drug-likeness (QED) is 0.527. The summed E-state index contributed by atoms with van der Waals surface area (Å²) in [6.45, 7) is 0. The SMILES string of the molecule is O=C(CCCc1ncc(-c2ccccc2)o1)NC(Cc1ccccc1)C(=O)NC1CC1. The van der Waals surface area contributed by atoms with Crippen molar-refractivity contribution in [3.05, 3.63) is 78.3 Å². The molecule has 6 nitrogen and oxygen atoms in total. The van der Waals surface area contributed by atoms with E-state index >= 15 is 0 Å². The number of aromatic nitrogens is 1. The molecule has 0 spiro atoms. The van der Waals surface area contributed by atoms with Gasteiger partial charge in [-0.1, -0.05) is 60.7 Å². The monoisotopic (exact) mass is 417 g/mol. The number of nitrogens with one attached hydrogen (secondary N) is 2. The van der Waals surface area contributed by atoms with Gasteiger partial charge in [0.1, 0.15) is 6.04 Å². The molecule has 0 aliphatic heterocycles. The standard InChI is InChI=1S/C25H27N3O3/c29-23(12-7-13-24-26-17-22(31-24)19-10-5-2-6-11-19)28-21(25(30)27-20-14-15-20)16-18-8-3-1-4-9-18/h1-6,8-11,17,20-21H,7,12-16H2,(H,27,30)(H,28,29). The third-order valence-electron chi connectivity index (χ3n) is 5.26. The zero-order valence-electron chi connectivity index (χ0n) is 17.4. The Hall–Kier alpha value is -3.41. The zero-order chi connectivity index (χ0) is 21.5. The van der Waals surface area contributed by atoms with Gasteiger partial charge in [-0.3, -0.25) is 9.59 Å². The molecule has 1 unspecified atom stereocenters. The van der Waals surface area contributed by atoms with E-state index in [4.69, 9.17) is 4.42 Å². The van der Waals surface area contributed by atoms with Gasteiger partial charge in [-0.05, 0) is 24.8 Å². The highest BCUT2D eigenvalue weighted by Gasteiger charge is 2.28. The first kappa shape index (κ1) is 20.8. The van der Waals surface area contributed by atoms with Gasteiger partial charge in [-0.15, -0.1) is 0 Å². The summed E-state index contributed by atoms with van der Waals surface area (Å²) in [5.74, 6) is 1.08. The molecule has 1 atom stereocenters. The van der Waals surface area contributed by atoms with Crippen LogP contribution in [-0.2, 0) is 22.4 Å². The molecule has 1 fully saturated rings. The first-order valence-electron chi connectivity index (χ1n) is 10.8. The minimum atomic E-state index is -0.568. The topological polar surface area (TPSA) is 84.2 Å². The van der Waals surface area contributed by atoms with Gasteiger partial charge in [-0.25, -0.2) is 4.98 Å². The van der Waals surface area contributed by atoms with E-state index < -0.39 is 6.04 Å². The third kappa shape index (κ3) is 6.28. The van der Waals surface area contributed by atoms with Crippen LogP contribution in [-0.4, -0.2) is 28.9 Å². The maximum absolute atomic E-state index is 12.6. The number of hydrogen-bond donors (Lipinski definition) is 2. The van der Waals surface area contributed by atoms with Crippen molar-refractivity contribution in [1.82, 2.24) is 15.6 Å². The number of carbonyl (C=O) groups excluding carboxylic acids is 2. The predicted molar refractivity (Wildman–Crippen MR) is 118 cm³/mol. The summed E-state index contributed by atoms with van der Waals surface area (Å²) in [5.41, 5.74) is 2.00. The molecule has 6 heteroatoms. The number of hydrogen-bond acceptors (Lipinski definition) is 4. The molecule has 4 rings (SSSR count). The van der Waals surface area contributed by atoms with Crippen LogP contribution in [0.5, 0.6) is 0 Å². The highest BCUT2D eigenvalue weighted by molar-refractivity contribution is 5.88. The van der Waals surface area contributed by atoms with Gasteiger partial charge in [0.15, 0.2) is 11.7 Å². The molecule has 1 saturated carbocycles. The lowest BCUT2D eigenvalue weighted by molar-refractivity contribution is -0.129. The second kappa shape index (κ2) is 10.1. The van der Waals surface area contributed by atoms with E-state index in [9.17, 15) is 9.59 Å². The molecule has 0 saturated heterocycles. The Morgan fingerprint density at radius 1 is 1.03 bits per heavy atom. The summed E-state index contributed by atoms with van der Waals surface area (Å²) in [7, 11) is 0. The Morgan fingerprint density at radius 2 is 1.74 bits per heavy atom.